The third kappa shape index (κ3) is 1.83. The first-order chi connectivity index (χ1) is 4.60. The molecule has 0 saturated carbocycles. The first-order valence-corrected chi connectivity index (χ1v) is 3.51. The average Bonchev–Trinajstić information content (AvgIpc) is 1.94. The summed E-state index contributed by atoms with van der Waals surface area (Å²) in [4.78, 5) is 4.25. The third-order valence-electron chi connectivity index (χ3n) is 1.46. The van der Waals surface area contributed by atoms with E-state index in [1.54, 1.807) is 0 Å². The molecule has 0 aromatic rings. The molecule has 1 heteroatoms. The van der Waals surface area contributed by atoms with E-state index < -0.39 is 0 Å². The second-order valence-corrected chi connectivity index (χ2v) is 3.25. The number of nitrogens with zero attached hydrogens (tertiary/aromatic N) is 1. The summed E-state index contributed by atoms with van der Waals surface area (Å²) in [5.74, 6) is 0. The molecule has 1 rings (SSSR count). The van der Waals surface area contributed by atoms with E-state index in [1.165, 1.54) is 0 Å². The Morgan fingerprint density at radius 3 is 2.80 bits per heavy atom. The van der Waals surface area contributed by atoms with Crippen LogP contribution in [0.2, 0.25) is 0 Å². The van der Waals surface area contributed by atoms with Gasteiger partial charge in [0.15, 0.2) is 0 Å². The Morgan fingerprint density at radius 1 is 1.40 bits per heavy atom. The van der Waals surface area contributed by atoms with Crippen molar-refractivity contribution in [3.8, 4) is 0 Å². The van der Waals surface area contributed by atoms with E-state index in [0.29, 0.717) is 0 Å². The molecule has 0 aliphatic carbocycles. The monoisotopic (exact) mass is 135 g/mol. The highest BCUT2D eigenvalue weighted by atomic mass is 14.7. The van der Waals surface area contributed by atoms with Crippen LogP contribution in [0.25, 0.3) is 0 Å². The van der Waals surface area contributed by atoms with Crippen molar-refractivity contribution in [1.82, 2.24) is 0 Å². The minimum atomic E-state index is 0.119. The van der Waals surface area contributed by atoms with Crippen molar-refractivity contribution in [2.24, 2.45) is 10.4 Å². The summed E-state index contributed by atoms with van der Waals surface area (Å²) in [7, 11) is 0. The van der Waals surface area contributed by atoms with Gasteiger partial charge in [0, 0.05) is 17.3 Å². The number of hydrogen-bond donors (Lipinski definition) is 0. The minimum Gasteiger partial charge on any atom is -0.265 e. The molecule has 54 valence electrons. The topological polar surface area (TPSA) is 12.4 Å². The highest BCUT2D eigenvalue weighted by Crippen LogP contribution is 2.17. The van der Waals surface area contributed by atoms with E-state index in [2.05, 4.69) is 31.0 Å². The van der Waals surface area contributed by atoms with Gasteiger partial charge in [-0.25, -0.2) is 0 Å². The maximum Gasteiger partial charge on any atom is 0.0369 e. The van der Waals surface area contributed by atoms with Crippen molar-refractivity contribution in [3.63, 3.8) is 0 Å². The third-order valence-corrected chi connectivity index (χ3v) is 1.46. The predicted octanol–water partition coefficient (Wildman–Crippen LogP) is 2.56. The lowest BCUT2D eigenvalue weighted by atomic mass is 9.95. The van der Waals surface area contributed by atoms with Crippen LogP contribution in [0.3, 0.4) is 0 Å². The Kier molecular flexibility index (Phi) is 1.75. The zero-order chi connectivity index (χ0) is 7.61. The molecular weight excluding hydrogens is 122 g/mol. The van der Waals surface area contributed by atoms with Gasteiger partial charge in [0.1, 0.15) is 0 Å². The van der Waals surface area contributed by atoms with E-state index >= 15 is 0 Å². The number of allylic oxidation sites excluding steroid dienone is 4. The van der Waals surface area contributed by atoms with Crippen molar-refractivity contribution < 1.29 is 0 Å². The Labute approximate surface area is 62.2 Å². The van der Waals surface area contributed by atoms with E-state index in [1.807, 2.05) is 19.2 Å². The van der Waals surface area contributed by atoms with Gasteiger partial charge in [-0.1, -0.05) is 26.0 Å². The van der Waals surface area contributed by atoms with Gasteiger partial charge >= 0.3 is 0 Å². The molecule has 0 atom stereocenters. The van der Waals surface area contributed by atoms with Gasteiger partial charge in [-0.15, -0.1) is 0 Å². The van der Waals surface area contributed by atoms with Gasteiger partial charge in [0.2, 0.25) is 0 Å². The molecule has 1 aliphatic rings. The lowest BCUT2D eigenvalue weighted by Crippen LogP contribution is -2.07. The molecule has 0 aromatic carbocycles. The maximum absolute atomic E-state index is 4.25. The van der Waals surface area contributed by atoms with Crippen molar-refractivity contribution in [2.75, 3.05) is 0 Å². The summed E-state index contributed by atoms with van der Waals surface area (Å²) in [5, 5.41) is 0. The molecule has 0 radical (unpaired) electrons. The van der Waals surface area contributed by atoms with Crippen LogP contribution in [0.15, 0.2) is 28.9 Å². The molecule has 1 aliphatic heterocycles. The Hall–Kier alpha value is -0.850. The van der Waals surface area contributed by atoms with Crippen molar-refractivity contribution >= 4 is 6.21 Å². The fourth-order valence-electron chi connectivity index (χ4n) is 0.790. The van der Waals surface area contributed by atoms with Crippen LogP contribution in [-0.2, 0) is 0 Å². The zero-order valence-corrected chi connectivity index (χ0v) is 6.76. The summed E-state index contributed by atoms with van der Waals surface area (Å²) in [6.45, 7) is 6.28. The molecular formula is C9H13N. The molecule has 0 saturated heterocycles. The number of hydrogen-bond acceptors (Lipinski definition) is 1. The second kappa shape index (κ2) is 2.41. The van der Waals surface area contributed by atoms with Crippen molar-refractivity contribution in [3.05, 3.63) is 23.9 Å². The quantitative estimate of drug-likeness (QED) is 0.484. The van der Waals surface area contributed by atoms with E-state index in [-0.39, 0.29) is 5.41 Å². The van der Waals surface area contributed by atoms with Crippen LogP contribution in [-0.4, -0.2) is 6.21 Å². The van der Waals surface area contributed by atoms with Crippen LogP contribution in [0.1, 0.15) is 20.8 Å². The largest absolute Gasteiger partial charge is 0.265 e. The second-order valence-electron chi connectivity index (χ2n) is 3.25. The van der Waals surface area contributed by atoms with Crippen molar-refractivity contribution in [2.45, 2.75) is 20.8 Å². The van der Waals surface area contributed by atoms with E-state index in [9.17, 15) is 0 Å². The van der Waals surface area contributed by atoms with Crippen LogP contribution in [0, 0.1) is 5.41 Å². The molecule has 0 fully saturated rings. The summed E-state index contributed by atoms with van der Waals surface area (Å²) in [6.07, 6.45) is 8.20. The predicted molar refractivity (Wildman–Crippen MR) is 45.2 cm³/mol. The molecule has 1 heterocycles. The van der Waals surface area contributed by atoms with Crippen LogP contribution < -0.4 is 0 Å². The lowest BCUT2D eigenvalue weighted by molar-refractivity contribution is 0.695. The standard InChI is InChI=1S/C9H13N/c1-8-5-4-6-9(2,3)7-10-8/h4-7H,1-3H3. The fraction of sp³-hybridized carbons (Fsp3) is 0.444. The van der Waals surface area contributed by atoms with Crippen molar-refractivity contribution in [1.29, 1.82) is 0 Å². The minimum absolute atomic E-state index is 0.119. The SMILES string of the molecule is CC1=CC=CC(C)(C)C=N1. The highest BCUT2D eigenvalue weighted by Gasteiger charge is 2.10. The maximum atomic E-state index is 4.25. The molecule has 0 N–H and O–H groups in total. The van der Waals surface area contributed by atoms with Gasteiger partial charge in [0.25, 0.3) is 0 Å². The molecule has 0 unspecified atom stereocenters. The number of rotatable bonds is 0. The summed E-state index contributed by atoms with van der Waals surface area (Å²) in [5.41, 5.74) is 1.19. The fourth-order valence-corrected chi connectivity index (χ4v) is 0.790. The van der Waals surface area contributed by atoms with Crippen LogP contribution >= 0.6 is 0 Å². The van der Waals surface area contributed by atoms with Gasteiger partial charge in [0.05, 0.1) is 0 Å². The zero-order valence-electron chi connectivity index (χ0n) is 6.76. The highest BCUT2D eigenvalue weighted by molar-refractivity contribution is 5.69. The average molecular weight is 135 g/mol. The van der Waals surface area contributed by atoms with Gasteiger partial charge in [-0.2, -0.15) is 0 Å². The van der Waals surface area contributed by atoms with Crippen LogP contribution in [0.5, 0.6) is 0 Å². The molecule has 10 heavy (non-hydrogen) atoms. The smallest absolute Gasteiger partial charge is 0.0369 e. The summed E-state index contributed by atoms with van der Waals surface area (Å²) >= 11 is 0. The lowest BCUT2D eigenvalue weighted by Gasteiger charge is -2.10. The Balaban J connectivity index is 2.88. The molecule has 0 aromatic heterocycles. The molecule has 0 bridgehead atoms. The summed E-state index contributed by atoms with van der Waals surface area (Å²) < 4.78 is 0. The Bertz CT molecular complexity index is 207. The first kappa shape index (κ1) is 7.26. The Morgan fingerprint density at radius 2 is 2.10 bits per heavy atom. The van der Waals surface area contributed by atoms with Gasteiger partial charge in [-0.3, -0.25) is 4.99 Å². The van der Waals surface area contributed by atoms with Crippen LogP contribution in [0.4, 0.5) is 0 Å². The molecule has 0 spiro atoms. The molecule has 1 nitrogen and oxygen atoms in total. The normalized spacial score (nSPS) is 22.1. The van der Waals surface area contributed by atoms with E-state index in [0.717, 1.165) is 5.70 Å². The van der Waals surface area contributed by atoms with Gasteiger partial charge in [-0.05, 0) is 13.0 Å². The van der Waals surface area contributed by atoms with Gasteiger partial charge < -0.3 is 0 Å². The number of aliphatic imine (C=N–C) groups is 1. The first-order valence-electron chi connectivity index (χ1n) is 3.51. The summed E-state index contributed by atoms with van der Waals surface area (Å²) in [6, 6.07) is 0. The van der Waals surface area contributed by atoms with E-state index in [4.69, 9.17) is 0 Å². The molecule has 0 amide bonds.